The lowest BCUT2D eigenvalue weighted by Gasteiger charge is -2.60. The Morgan fingerprint density at radius 1 is 1.19 bits per heavy atom. The van der Waals surface area contributed by atoms with Crippen molar-refractivity contribution in [2.45, 2.75) is 76.9 Å². The maximum Gasteiger partial charge on any atom is 0.304 e. The Morgan fingerprint density at radius 2 is 1.94 bits per heavy atom. The molecule has 4 aliphatic rings. The number of ketones is 2. The van der Waals surface area contributed by atoms with Gasteiger partial charge in [0.2, 0.25) is 0 Å². The van der Waals surface area contributed by atoms with E-state index >= 15 is 0 Å². The minimum atomic E-state index is -1.47. The zero-order valence-electron chi connectivity index (χ0n) is 18.4. The van der Waals surface area contributed by atoms with Crippen molar-refractivity contribution in [3.63, 3.8) is 0 Å². The molecule has 0 saturated heterocycles. The Morgan fingerprint density at radius 3 is 2.65 bits per heavy atom. The van der Waals surface area contributed by atoms with Gasteiger partial charge in [0.15, 0.2) is 11.6 Å². The van der Waals surface area contributed by atoms with Crippen LogP contribution >= 0.6 is 11.8 Å². The van der Waals surface area contributed by atoms with Gasteiger partial charge in [-0.05, 0) is 67.8 Å². The molecule has 31 heavy (non-hydrogen) atoms. The summed E-state index contributed by atoms with van der Waals surface area (Å²) in [6.07, 6.45) is 5.76. The van der Waals surface area contributed by atoms with Gasteiger partial charge in [0, 0.05) is 17.6 Å². The molecule has 7 heteroatoms. The second kappa shape index (κ2) is 7.99. The molecule has 7 unspecified atom stereocenters. The Hall–Kier alpha value is -1.18. The number of carboxylic acid groups (broad SMARTS) is 1. The molecule has 6 nitrogen and oxygen atoms in total. The predicted octanol–water partition coefficient (Wildman–Crippen LogP) is 3.00. The number of carboxylic acids is 1. The molecule has 0 amide bonds. The van der Waals surface area contributed by atoms with Crippen molar-refractivity contribution in [2.24, 2.45) is 28.6 Å². The highest BCUT2D eigenvalue weighted by Gasteiger charge is 2.68. The Bertz CT molecular complexity index is 823. The van der Waals surface area contributed by atoms with Gasteiger partial charge in [0.1, 0.15) is 5.60 Å². The number of carbonyl (C=O) groups is 3. The molecule has 0 bridgehead atoms. The number of Topliss-reactive ketones (excluding diaryl/α,β-unsaturated/α-hetero) is 1. The van der Waals surface area contributed by atoms with E-state index in [1.165, 1.54) is 17.3 Å². The van der Waals surface area contributed by atoms with Crippen molar-refractivity contribution in [1.82, 2.24) is 0 Å². The number of aliphatic carboxylic acids is 1. The third-order valence-electron chi connectivity index (χ3n) is 9.20. The number of carbonyl (C=O) groups excluding carboxylic acids is 2. The van der Waals surface area contributed by atoms with Gasteiger partial charge >= 0.3 is 5.97 Å². The van der Waals surface area contributed by atoms with Gasteiger partial charge in [-0.3, -0.25) is 14.4 Å². The largest absolute Gasteiger partial charge is 0.481 e. The van der Waals surface area contributed by atoms with E-state index in [0.29, 0.717) is 25.0 Å². The van der Waals surface area contributed by atoms with E-state index in [1.807, 2.05) is 13.0 Å². The zero-order chi connectivity index (χ0) is 22.6. The van der Waals surface area contributed by atoms with Crippen molar-refractivity contribution < 1.29 is 29.7 Å². The number of thioether (sulfide) groups is 1. The van der Waals surface area contributed by atoms with Crippen LogP contribution in [0.3, 0.4) is 0 Å². The first kappa shape index (κ1) is 23.0. The fourth-order valence-corrected chi connectivity index (χ4v) is 8.48. The van der Waals surface area contributed by atoms with Crippen LogP contribution in [0.2, 0.25) is 0 Å². The van der Waals surface area contributed by atoms with Crippen LogP contribution in [0.1, 0.15) is 65.2 Å². The topological polar surface area (TPSA) is 112 Å². The highest BCUT2D eigenvalue weighted by atomic mass is 32.2. The Labute approximate surface area is 187 Å². The van der Waals surface area contributed by atoms with E-state index in [9.17, 15) is 24.6 Å². The number of aliphatic hydroxyl groups excluding tert-OH is 1. The van der Waals surface area contributed by atoms with Crippen LogP contribution in [0.5, 0.6) is 0 Å². The lowest BCUT2D eigenvalue weighted by molar-refractivity contribution is -0.178. The summed E-state index contributed by atoms with van der Waals surface area (Å²) in [5.41, 5.74) is -1.17. The van der Waals surface area contributed by atoms with E-state index in [-0.39, 0.29) is 46.9 Å². The van der Waals surface area contributed by atoms with Crippen LogP contribution in [0, 0.1) is 28.6 Å². The molecular formula is C24H34O6S. The minimum Gasteiger partial charge on any atom is -0.481 e. The average molecular weight is 451 g/mol. The van der Waals surface area contributed by atoms with Crippen LogP contribution < -0.4 is 0 Å². The second-order valence-corrected chi connectivity index (χ2v) is 11.7. The summed E-state index contributed by atoms with van der Waals surface area (Å²) in [5.74, 6) is -0.0513. The van der Waals surface area contributed by atoms with Gasteiger partial charge in [-0.2, -0.15) is 11.8 Å². The second-order valence-electron chi connectivity index (χ2n) is 10.6. The van der Waals surface area contributed by atoms with Gasteiger partial charge in [0.25, 0.3) is 0 Å². The Kier molecular flexibility index (Phi) is 5.93. The van der Waals surface area contributed by atoms with Crippen LogP contribution in [0.25, 0.3) is 0 Å². The fourth-order valence-electron chi connectivity index (χ4n) is 7.59. The molecule has 0 heterocycles. The highest BCUT2D eigenvalue weighted by molar-refractivity contribution is 7.99. The molecule has 172 valence electrons. The van der Waals surface area contributed by atoms with Gasteiger partial charge in [-0.1, -0.05) is 19.4 Å². The SMILES string of the molecule is CC12CCC(=O)C=C1CCC1C2C(O)CC2(C)C1CCC2(O)C(=O)CSCCC(=O)O. The lowest BCUT2D eigenvalue weighted by atomic mass is 9.45. The van der Waals surface area contributed by atoms with Gasteiger partial charge in [-0.25, -0.2) is 0 Å². The lowest BCUT2D eigenvalue weighted by Crippen LogP contribution is -2.62. The molecule has 4 aliphatic carbocycles. The third-order valence-corrected chi connectivity index (χ3v) is 10.2. The highest BCUT2D eigenvalue weighted by Crippen LogP contribution is 2.67. The summed E-state index contributed by atoms with van der Waals surface area (Å²) < 4.78 is 0. The normalized spacial score (nSPS) is 44.1. The Balaban J connectivity index is 1.56. The molecule has 0 aliphatic heterocycles. The van der Waals surface area contributed by atoms with E-state index in [2.05, 4.69) is 6.92 Å². The minimum absolute atomic E-state index is 0.00429. The number of fused-ring (bicyclic) bond motifs is 5. The van der Waals surface area contributed by atoms with E-state index in [1.54, 1.807) is 0 Å². The summed E-state index contributed by atoms with van der Waals surface area (Å²) in [6, 6.07) is 0. The number of hydrogen-bond acceptors (Lipinski definition) is 6. The maximum atomic E-state index is 13.1. The van der Waals surface area contributed by atoms with Crippen molar-refractivity contribution >= 4 is 29.3 Å². The zero-order valence-corrected chi connectivity index (χ0v) is 19.2. The number of aliphatic hydroxyl groups is 2. The summed E-state index contributed by atoms with van der Waals surface area (Å²) in [7, 11) is 0. The first-order valence-electron chi connectivity index (χ1n) is 11.5. The van der Waals surface area contributed by atoms with Crippen LogP contribution in [0.15, 0.2) is 11.6 Å². The van der Waals surface area contributed by atoms with Crippen LogP contribution in [0.4, 0.5) is 0 Å². The predicted molar refractivity (Wildman–Crippen MR) is 118 cm³/mol. The smallest absolute Gasteiger partial charge is 0.304 e. The molecule has 0 spiro atoms. The van der Waals surface area contributed by atoms with E-state index in [4.69, 9.17) is 5.11 Å². The number of hydrogen-bond donors (Lipinski definition) is 3. The molecule has 3 fully saturated rings. The summed E-state index contributed by atoms with van der Waals surface area (Å²) >= 11 is 1.26. The molecular weight excluding hydrogens is 416 g/mol. The average Bonchev–Trinajstić information content (AvgIpc) is 2.97. The summed E-state index contributed by atoms with van der Waals surface area (Å²) in [6.45, 7) is 4.17. The molecule has 7 atom stereocenters. The van der Waals surface area contributed by atoms with Gasteiger partial charge in [0.05, 0.1) is 18.3 Å². The van der Waals surface area contributed by atoms with Crippen molar-refractivity contribution in [2.75, 3.05) is 11.5 Å². The first-order chi connectivity index (χ1) is 14.5. The van der Waals surface area contributed by atoms with Crippen molar-refractivity contribution in [3.8, 4) is 0 Å². The van der Waals surface area contributed by atoms with Gasteiger partial charge in [-0.15, -0.1) is 0 Å². The van der Waals surface area contributed by atoms with E-state index < -0.39 is 23.1 Å². The first-order valence-corrected chi connectivity index (χ1v) is 12.7. The molecule has 0 aromatic rings. The molecule has 4 rings (SSSR count). The maximum absolute atomic E-state index is 13.1. The van der Waals surface area contributed by atoms with Crippen LogP contribution in [-0.4, -0.2) is 56.1 Å². The van der Waals surface area contributed by atoms with Gasteiger partial charge < -0.3 is 15.3 Å². The molecule has 0 aromatic carbocycles. The van der Waals surface area contributed by atoms with Crippen molar-refractivity contribution in [3.05, 3.63) is 11.6 Å². The fraction of sp³-hybridized carbons (Fsp3) is 0.792. The third kappa shape index (κ3) is 3.51. The number of rotatable bonds is 6. The summed E-state index contributed by atoms with van der Waals surface area (Å²) in [4.78, 5) is 35.8. The summed E-state index contributed by atoms with van der Waals surface area (Å²) in [5, 5.41) is 31.8. The quantitative estimate of drug-likeness (QED) is 0.533. The molecule has 0 radical (unpaired) electrons. The molecule has 3 saturated carbocycles. The number of allylic oxidation sites excluding steroid dienone is 1. The monoisotopic (exact) mass is 450 g/mol. The van der Waals surface area contributed by atoms with Crippen LogP contribution in [-0.2, 0) is 14.4 Å². The molecule has 3 N–H and O–H groups in total. The standard InChI is InChI=1S/C24H34O6S/c1-22-8-5-15(25)11-14(22)3-4-16-17-6-9-24(30,19(27)13-31-10-7-20(28)29)23(17,2)12-18(26)21(16)22/h11,16-18,21,26,30H,3-10,12-13H2,1-2H3,(H,28,29). The van der Waals surface area contributed by atoms with Crippen molar-refractivity contribution in [1.29, 1.82) is 0 Å². The molecule has 0 aromatic heterocycles. The van der Waals surface area contributed by atoms with E-state index in [0.717, 1.165) is 25.7 Å².